The largest absolute Gasteiger partial charge is 0.434 e. The molecule has 0 saturated heterocycles. The molecule has 0 aliphatic rings. The van der Waals surface area contributed by atoms with Crippen molar-refractivity contribution < 1.29 is 23.2 Å². The van der Waals surface area contributed by atoms with Crippen LogP contribution in [-0.2, 0) is 0 Å². The molecule has 0 bridgehead atoms. The number of alkyl halides is 2. The molecule has 12 heteroatoms. The molecule has 1 N–H and O–H groups in total. The van der Waals surface area contributed by atoms with Gasteiger partial charge in [-0.05, 0) is 24.3 Å². The minimum atomic E-state index is -2.97. The van der Waals surface area contributed by atoms with Gasteiger partial charge >= 0.3 is 6.61 Å². The van der Waals surface area contributed by atoms with Crippen LogP contribution in [0.4, 0.5) is 19.6 Å². The Morgan fingerprint density at radius 3 is 2.66 bits per heavy atom. The number of nitrogens with zero attached hydrogens (tertiary/aromatic N) is 4. The molecule has 0 saturated carbocycles. The number of carbonyl (C=O) groups excluding carboxylic acids is 1. The Balaban J connectivity index is 1.48. The third-order valence-corrected chi connectivity index (χ3v) is 5.03. The first-order valence-corrected chi connectivity index (χ1v) is 9.89. The molecule has 0 fully saturated rings. The average molecular weight is 457 g/mol. The highest BCUT2D eigenvalue weighted by molar-refractivity contribution is 7.14. The maximum atomic E-state index is 12.6. The highest BCUT2D eigenvalue weighted by Gasteiger charge is 2.16. The Hall–Kier alpha value is -4.19. The van der Waals surface area contributed by atoms with E-state index in [1.54, 1.807) is 23.6 Å². The first-order chi connectivity index (χ1) is 15.4. The second-order valence-electron chi connectivity index (χ2n) is 6.31. The van der Waals surface area contributed by atoms with Gasteiger partial charge in [-0.15, -0.1) is 11.3 Å². The number of ether oxygens (including phenoxy) is 1. The van der Waals surface area contributed by atoms with Crippen molar-refractivity contribution in [3.8, 4) is 22.7 Å². The number of nitro groups is 1. The van der Waals surface area contributed by atoms with Crippen LogP contribution in [0, 0.1) is 10.1 Å². The Labute approximate surface area is 183 Å². The van der Waals surface area contributed by atoms with Crippen LogP contribution in [0.1, 0.15) is 10.4 Å². The molecule has 0 atom stereocenters. The second kappa shape index (κ2) is 8.89. The molecule has 0 spiro atoms. The van der Waals surface area contributed by atoms with Crippen LogP contribution in [0.15, 0.2) is 66.3 Å². The summed E-state index contributed by atoms with van der Waals surface area (Å²) in [6.45, 7) is -2.97. The van der Waals surface area contributed by atoms with Crippen LogP contribution >= 0.6 is 11.3 Å². The van der Waals surface area contributed by atoms with Gasteiger partial charge in [-0.1, -0.05) is 12.1 Å². The zero-order valence-electron chi connectivity index (χ0n) is 16.0. The number of hydrogen-bond donors (Lipinski definition) is 1. The van der Waals surface area contributed by atoms with Crippen molar-refractivity contribution in [1.82, 2.24) is 14.8 Å². The fourth-order valence-electron chi connectivity index (χ4n) is 2.81. The van der Waals surface area contributed by atoms with E-state index in [-0.39, 0.29) is 22.1 Å². The zero-order valence-corrected chi connectivity index (χ0v) is 16.8. The van der Waals surface area contributed by atoms with Gasteiger partial charge < -0.3 is 4.74 Å². The van der Waals surface area contributed by atoms with Gasteiger partial charge in [0.05, 0.1) is 28.1 Å². The van der Waals surface area contributed by atoms with Gasteiger partial charge in [0.25, 0.3) is 11.6 Å². The number of nitrogens with one attached hydrogen (secondary N) is 1. The molecule has 2 heterocycles. The number of halogens is 2. The molecular weight excluding hydrogens is 444 g/mol. The summed E-state index contributed by atoms with van der Waals surface area (Å²) in [4.78, 5) is 27.1. The lowest BCUT2D eigenvalue weighted by molar-refractivity contribution is -0.384. The molecule has 0 aliphatic carbocycles. The number of non-ortho nitro benzene ring substituents is 1. The van der Waals surface area contributed by atoms with E-state index < -0.39 is 17.4 Å². The molecule has 0 unspecified atom stereocenters. The number of hydrogen-bond acceptors (Lipinski definition) is 7. The normalized spacial score (nSPS) is 10.8. The number of aromatic nitrogens is 3. The van der Waals surface area contributed by atoms with Crippen molar-refractivity contribution >= 4 is 28.1 Å². The van der Waals surface area contributed by atoms with Crippen molar-refractivity contribution in [2.75, 3.05) is 5.32 Å². The Kier molecular flexibility index (Phi) is 5.85. The van der Waals surface area contributed by atoms with Crippen molar-refractivity contribution in [2.45, 2.75) is 6.61 Å². The minimum Gasteiger partial charge on any atom is -0.434 e. The van der Waals surface area contributed by atoms with Crippen molar-refractivity contribution in [1.29, 1.82) is 0 Å². The van der Waals surface area contributed by atoms with Crippen LogP contribution < -0.4 is 10.1 Å². The maximum Gasteiger partial charge on any atom is 0.387 e. The van der Waals surface area contributed by atoms with Crippen molar-refractivity contribution in [2.24, 2.45) is 0 Å². The fourth-order valence-corrected chi connectivity index (χ4v) is 3.52. The van der Waals surface area contributed by atoms with Gasteiger partial charge in [-0.25, -0.2) is 9.67 Å². The molecule has 32 heavy (non-hydrogen) atoms. The van der Waals surface area contributed by atoms with Crippen LogP contribution in [-0.4, -0.2) is 32.2 Å². The van der Waals surface area contributed by atoms with Gasteiger partial charge in [0.1, 0.15) is 5.75 Å². The van der Waals surface area contributed by atoms with E-state index in [0.29, 0.717) is 16.9 Å². The zero-order chi connectivity index (χ0) is 22.7. The van der Waals surface area contributed by atoms with Gasteiger partial charge in [0, 0.05) is 29.3 Å². The Morgan fingerprint density at radius 1 is 1.19 bits per heavy atom. The first-order valence-electron chi connectivity index (χ1n) is 9.01. The van der Waals surface area contributed by atoms with E-state index in [4.69, 9.17) is 0 Å². The van der Waals surface area contributed by atoms with E-state index in [1.807, 2.05) is 0 Å². The average Bonchev–Trinajstić information content (AvgIpc) is 3.44. The molecule has 0 aliphatic heterocycles. The molecule has 2 aromatic carbocycles. The molecule has 1 amide bonds. The third kappa shape index (κ3) is 4.59. The molecule has 2 aromatic heterocycles. The Bertz CT molecular complexity index is 1270. The number of rotatable bonds is 7. The third-order valence-electron chi connectivity index (χ3n) is 4.27. The second-order valence-corrected chi connectivity index (χ2v) is 7.17. The molecule has 0 radical (unpaired) electrons. The number of carbonyl (C=O) groups is 1. The summed E-state index contributed by atoms with van der Waals surface area (Å²) >= 11 is 1.13. The number of amides is 1. The van der Waals surface area contributed by atoms with E-state index in [1.165, 1.54) is 47.4 Å². The summed E-state index contributed by atoms with van der Waals surface area (Å²) in [5.74, 6) is -0.494. The first kappa shape index (κ1) is 21.1. The predicted molar refractivity (Wildman–Crippen MR) is 112 cm³/mol. The quantitative estimate of drug-likeness (QED) is 0.316. The summed E-state index contributed by atoms with van der Waals surface area (Å²) in [6, 6.07) is 11.9. The highest BCUT2D eigenvalue weighted by Crippen LogP contribution is 2.33. The van der Waals surface area contributed by atoms with E-state index in [9.17, 15) is 23.7 Å². The van der Waals surface area contributed by atoms with Crippen molar-refractivity contribution in [3.05, 3.63) is 82.0 Å². The summed E-state index contributed by atoms with van der Waals surface area (Å²) in [7, 11) is 0. The van der Waals surface area contributed by atoms with Crippen LogP contribution in [0.2, 0.25) is 0 Å². The van der Waals surface area contributed by atoms with Crippen LogP contribution in [0.5, 0.6) is 5.75 Å². The molecule has 4 aromatic rings. The lowest BCUT2D eigenvalue weighted by atomic mass is 10.1. The van der Waals surface area contributed by atoms with E-state index in [0.717, 1.165) is 11.3 Å². The summed E-state index contributed by atoms with van der Waals surface area (Å²) in [5.41, 5.74) is 1.47. The minimum absolute atomic E-state index is 0.0185. The molecule has 162 valence electrons. The lowest BCUT2D eigenvalue weighted by Gasteiger charge is -2.08. The van der Waals surface area contributed by atoms with Gasteiger partial charge in [0.15, 0.2) is 5.13 Å². The summed E-state index contributed by atoms with van der Waals surface area (Å²) in [5, 5.41) is 19.4. The summed E-state index contributed by atoms with van der Waals surface area (Å²) in [6.07, 6.45) is 2.81. The smallest absolute Gasteiger partial charge is 0.387 e. The highest BCUT2D eigenvalue weighted by atomic mass is 32.1. The number of thiazole rings is 1. The SMILES string of the molecule is O=C(Nc1nc(-c2ccccc2OC(F)F)cs1)c1cnn(-c2ccc([N+](=O)[O-])cc2)c1. The number of para-hydroxylation sites is 1. The number of benzene rings is 2. The molecular formula is C20H13F2N5O4S. The van der Waals surface area contributed by atoms with Crippen LogP contribution in [0.25, 0.3) is 16.9 Å². The van der Waals surface area contributed by atoms with Crippen molar-refractivity contribution in [3.63, 3.8) is 0 Å². The maximum absolute atomic E-state index is 12.6. The molecule has 4 rings (SSSR count). The van der Waals surface area contributed by atoms with Crippen LogP contribution in [0.3, 0.4) is 0 Å². The molecule has 9 nitrogen and oxygen atoms in total. The Morgan fingerprint density at radius 2 is 1.94 bits per heavy atom. The van der Waals surface area contributed by atoms with Gasteiger partial charge in [-0.3, -0.25) is 20.2 Å². The standard InChI is InChI=1S/C20H13F2N5O4S/c21-19(22)31-17-4-2-1-3-15(17)16-11-32-20(24-16)25-18(28)12-9-23-26(10-12)13-5-7-14(8-6-13)27(29)30/h1-11,19H,(H,24,25,28). The number of nitro benzene ring substituents is 1. The summed E-state index contributed by atoms with van der Waals surface area (Å²) < 4.78 is 31.2. The van der Waals surface area contributed by atoms with E-state index in [2.05, 4.69) is 20.1 Å². The topological polar surface area (TPSA) is 112 Å². The lowest BCUT2D eigenvalue weighted by Crippen LogP contribution is -2.10. The monoisotopic (exact) mass is 457 g/mol. The van der Waals surface area contributed by atoms with Gasteiger partial charge in [-0.2, -0.15) is 13.9 Å². The predicted octanol–water partition coefficient (Wildman–Crippen LogP) is 4.76. The fraction of sp³-hybridized carbons (Fsp3) is 0.0500. The number of anilines is 1. The van der Waals surface area contributed by atoms with Gasteiger partial charge in [0.2, 0.25) is 0 Å². The van der Waals surface area contributed by atoms with E-state index >= 15 is 0 Å².